The molecular formula is C13H21ClN2S. The van der Waals surface area contributed by atoms with Crippen LogP contribution in [-0.2, 0) is 6.54 Å². The molecule has 3 heterocycles. The highest BCUT2D eigenvalue weighted by Crippen LogP contribution is 2.28. The van der Waals surface area contributed by atoms with Crippen LogP contribution in [0.2, 0.25) is 0 Å². The van der Waals surface area contributed by atoms with Gasteiger partial charge in [-0.3, -0.25) is 4.90 Å². The molecule has 2 unspecified atom stereocenters. The first-order valence-corrected chi connectivity index (χ1v) is 7.17. The molecule has 17 heavy (non-hydrogen) atoms. The summed E-state index contributed by atoms with van der Waals surface area (Å²) in [5.41, 5.74) is 1.47. The SMILES string of the molecule is Cc1ccsc1CN1CCC2CNCC2C1.Cl. The second-order valence-electron chi connectivity index (χ2n) is 5.23. The maximum absolute atomic E-state index is 3.53. The van der Waals surface area contributed by atoms with Crippen molar-refractivity contribution in [3.8, 4) is 0 Å². The molecule has 1 N–H and O–H groups in total. The van der Waals surface area contributed by atoms with Gasteiger partial charge in [0, 0.05) is 18.0 Å². The molecule has 2 aliphatic heterocycles. The van der Waals surface area contributed by atoms with Crippen molar-refractivity contribution in [1.29, 1.82) is 0 Å². The molecule has 1 aromatic heterocycles. The van der Waals surface area contributed by atoms with Crippen molar-refractivity contribution in [3.05, 3.63) is 21.9 Å². The Labute approximate surface area is 114 Å². The van der Waals surface area contributed by atoms with Crippen molar-refractivity contribution in [2.45, 2.75) is 19.9 Å². The quantitative estimate of drug-likeness (QED) is 0.890. The van der Waals surface area contributed by atoms with Crippen LogP contribution >= 0.6 is 23.7 Å². The number of thiophene rings is 1. The highest BCUT2D eigenvalue weighted by atomic mass is 35.5. The summed E-state index contributed by atoms with van der Waals surface area (Å²) in [5, 5.41) is 5.75. The fraction of sp³-hybridized carbons (Fsp3) is 0.692. The van der Waals surface area contributed by atoms with Gasteiger partial charge in [0.15, 0.2) is 0 Å². The third-order valence-electron chi connectivity index (χ3n) is 4.12. The summed E-state index contributed by atoms with van der Waals surface area (Å²) in [7, 11) is 0. The van der Waals surface area contributed by atoms with Crippen LogP contribution < -0.4 is 5.32 Å². The summed E-state index contributed by atoms with van der Waals surface area (Å²) in [6.07, 6.45) is 1.39. The summed E-state index contributed by atoms with van der Waals surface area (Å²) < 4.78 is 0. The molecule has 2 aliphatic rings. The molecule has 2 saturated heterocycles. The Bertz CT molecular complexity index is 366. The first-order valence-electron chi connectivity index (χ1n) is 6.29. The van der Waals surface area contributed by atoms with Crippen LogP contribution in [-0.4, -0.2) is 31.1 Å². The molecule has 2 atom stereocenters. The van der Waals surface area contributed by atoms with Crippen molar-refractivity contribution in [1.82, 2.24) is 10.2 Å². The van der Waals surface area contributed by atoms with Crippen LogP contribution in [0.3, 0.4) is 0 Å². The minimum Gasteiger partial charge on any atom is -0.316 e. The largest absolute Gasteiger partial charge is 0.316 e. The number of aryl methyl sites for hydroxylation is 1. The van der Waals surface area contributed by atoms with Crippen molar-refractivity contribution in [2.75, 3.05) is 26.2 Å². The zero-order valence-electron chi connectivity index (χ0n) is 10.3. The van der Waals surface area contributed by atoms with E-state index < -0.39 is 0 Å². The number of fused-ring (bicyclic) bond motifs is 1. The molecule has 96 valence electrons. The van der Waals surface area contributed by atoms with Gasteiger partial charge in [0.2, 0.25) is 0 Å². The third kappa shape index (κ3) is 2.84. The van der Waals surface area contributed by atoms with Gasteiger partial charge >= 0.3 is 0 Å². The van der Waals surface area contributed by atoms with Crippen LogP contribution in [0.4, 0.5) is 0 Å². The van der Waals surface area contributed by atoms with Crippen molar-refractivity contribution >= 4 is 23.7 Å². The maximum Gasteiger partial charge on any atom is 0.0330 e. The van der Waals surface area contributed by atoms with Crippen molar-refractivity contribution in [3.63, 3.8) is 0 Å². The first-order chi connectivity index (χ1) is 7.83. The standard InChI is InChI=1S/C13H20N2S.ClH/c1-10-3-5-16-13(10)9-15-4-2-11-6-14-7-12(11)8-15;/h3,5,11-12,14H,2,4,6-9H2,1H3;1H. The zero-order chi connectivity index (χ0) is 11.0. The summed E-state index contributed by atoms with van der Waals surface area (Å²) in [6, 6.07) is 2.24. The van der Waals surface area contributed by atoms with Crippen LogP contribution in [0.1, 0.15) is 16.9 Å². The molecule has 0 amide bonds. The van der Waals surface area contributed by atoms with Crippen molar-refractivity contribution < 1.29 is 0 Å². The maximum atomic E-state index is 3.53. The number of hydrogen-bond acceptors (Lipinski definition) is 3. The highest BCUT2D eigenvalue weighted by molar-refractivity contribution is 7.10. The molecule has 0 aromatic carbocycles. The first kappa shape index (κ1) is 13.3. The van der Waals surface area contributed by atoms with E-state index in [-0.39, 0.29) is 12.4 Å². The second-order valence-corrected chi connectivity index (χ2v) is 6.23. The van der Waals surface area contributed by atoms with Gasteiger partial charge in [0.05, 0.1) is 0 Å². The smallest absolute Gasteiger partial charge is 0.0330 e. The number of halogens is 1. The van der Waals surface area contributed by atoms with Gasteiger partial charge in [-0.25, -0.2) is 0 Å². The average Bonchev–Trinajstić information content (AvgIpc) is 2.88. The lowest BCUT2D eigenvalue weighted by Gasteiger charge is -2.34. The summed E-state index contributed by atoms with van der Waals surface area (Å²) in [5.74, 6) is 1.87. The van der Waals surface area contributed by atoms with Gasteiger partial charge in [0.1, 0.15) is 0 Å². The summed E-state index contributed by atoms with van der Waals surface area (Å²) >= 11 is 1.91. The van der Waals surface area contributed by atoms with E-state index in [4.69, 9.17) is 0 Å². The Morgan fingerprint density at radius 1 is 1.41 bits per heavy atom. The van der Waals surface area contributed by atoms with E-state index in [9.17, 15) is 0 Å². The normalized spacial score (nSPS) is 28.8. The van der Waals surface area contributed by atoms with Crippen molar-refractivity contribution in [2.24, 2.45) is 11.8 Å². The fourth-order valence-corrected chi connectivity index (χ4v) is 3.97. The lowest BCUT2D eigenvalue weighted by atomic mass is 9.89. The topological polar surface area (TPSA) is 15.3 Å². The van der Waals surface area contributed by atoms with Gasteiger partial charge in [-0.2, -0.15) is 0 Å². The van der Waals surface area contributed by atoms with Crippen LogP contribution in [0, 0.1) is 18.8 Å². The Morgan fingerprint density at radius 3 is 3.00 bits per heavy atom. The summed E-state index contributed by atoms with van der Waals surface area (Å²) in [6.45, 7) is 8.50. The van der Waals surface area contributed by atoms with Crippen LogP contribution in [0.15, 0.2) is 11.4 Å². The number of piperidine rings is 1. The van der Waals surface area contributed by atoms with Crippen LogP contribution in [0.25, 0.3) is 0 Å². The Morgan fingerprint density at radius 2 is 2.24 bits per heavy atom. The molecule has 0 bridgehead atoms. The highest BCUT2D eigenvalue weighted by Gasteiger charge is 2.32. The molecule has 2 nitrogen and oxygen atoms in total. The predicted molar refractivity (Wildman–Crippen MR) is 76.0 cm³/mol. The molecule has 1 aromatic rings. The average molecular weight is 273 g/mol. The zero-order valence-corrected chi connectivity index (χ0v) is 11.9. The second kappa shape index (κ2) is 5.70. The lowest BCUT2D eigenvalue weighted by Crippen LogP contribution is -2.39. The minimum absolute atomic E-state index is 0. The number of nitrogens with zero attached hydrogens (tertiary/aromatic N) is 1. The monoisotopic (exact) mass is 272 g/mol. The fourth-order valence-electron chi connectivity index (χ4n) is 3.02. The van der Waals surface area contributed by atoms with E-state index in [1.807, 2.05) is 11.3 Å². The van der Waals surface area contributed by atoms with E-state index in [0.717, 1.165) is 11.8 Å². The molecule has 3 rings (SSSR count). The number of likely N-dealkylation sites (tertiary alicyclic amines) is 1. The molecule has 0 radical (unpaired) electrons. The number of nitrogens with one attached hydrogen (secondary N) is 1. The molecular weight excluding hydrogens is 252 g/mol. The molecule has 4 heteroatoms. The predicted octanol–water partition coefficient (Wildman–Crippen LogP) is 2.52. The third-order valence-corrected chi connectivity index (χ3v) is 5.13. The molecule has 0 aliphatic carbocycles. The van der Waals surface area contributed by atoms with Gasteiger partial charge < -0.3 is 5.32 Å². The van der Waals surface area contributed by atoms with E-state index >= 15 is 0 Å². The number of rotatable bonds is 2. The molecule has 0 saturated carbocycles. The van der Waals surface area contributed by atoms with Crippen LogP contribution in [0.5, 0.6) is 0 Å². The van der Waals surface area contributed by atoms with Gasteiger partial charge in [-0.1, -0.05) is 0 Å². The Balaban J connectivity index is 0.00000108. The Hall–Kier alpha value is -0.0900. The van der Waals surface area contributed by atoms with E-state index in [1.54, 1.807) is 4.88 Å². The molecule has 0 spiro atoms. The van der Waals surface area contributed by atoms with E-state index in [2.05, 4.69) is 28.6 Å². The minimum atomic E-state index is 0. The van der Waals surface area contributed by atoms with Gasteiger partial charge in [-0.05, 0) is 61.8 Å². The van der Waals surface area contributed by atoms with Gasteiger partial charge in [0.25, 0.3) is 0 Å². The van der Waals surface area contributed by atoms with E-state index in [0.29, 0.717) is 0 Å². The summed E-state index contributed by atoms with van der Waals surface area (Å²) in [4.78, 5) is 4.21. The van der Waals surface area contributed by atoms with Gasteiger partial charge in [-0.15, -0.1) is 23.7 Å². The Kier molecular flexibility index (Phi) is 4.47. The molecule has 2 fully saturated rings. The lowest BCUT2D eigenvalue weighted by molar-refractivity contribution is 0.143. The van der Waals surface area contributed by atoms with E-state index in [1.165, 1.54) is 44.7 Å². The number of hydrogen-bond donors (Lipinski definition) is 1.